The lowest BCUT2D eigenvalue weighted by Gasteiger charge is -2.44. The van der Waals surface area contributed by atoms with E-state index < -0.39 is 107 Å². The molecule has 4 N–H and O–H groups in total. The van der Waals surface area contributed by atoms with Crippen LogP contribution < -0.4 is 0 Å². The van der Waals surface area contributed by atoms with Gasteiger partial charge in [-0.15, -0.1) is 0 Å². The van der Waals surface area contributed by atoms with Gasteiger partial charge in [0, 0.05) is 27.2 Å². The van der Waals surface area contributed by atoms with Gasteiger partial charge in [-0.3, -0.25) is 9.59 Å². The molecule has 0 radical (unpaired) electrons. The zero-order valence-corrected chi connectivity index (χ0v) is 20.4. The molecule has 3 aliphatic heterocycles. The highest BCUT2D eigenvalue weighted by atomic mass is 16.7. The number of carboxylic acids is 1. The molecule has 2 fully saturated rings. The van der Waals surface area contributed by atoms with Crippen molar-refractivity contribution in [3.05, 3.63) is 17.2 Å². The van der Waals surface area contributed by atoms with E-state index in [1.807, 2.05) is 0 Å². The Balaban J connectivity index is 1.98. The fourth-order valence-corrected chi connectivity index (χ4v) is 5.04. The summed E-state index contributed by atoms with van der Waals surface area (Å²) >= 11 is 0. The molecule has 38 heavy (non-hydrogen) atoms. The minimum atomic E-state index is -2.04. The number of methoxy groups -OCH3 is 3. The zero-order valence-electron chi connectivity index (χ0n) is 20.4. The maximum atomic E-state index is 13.6. The molecule has 1 aromatic rings. The number of hydrogen-bond acceptors (Lipinski definition) is 14. The Morgan fingerprint density at radius 1 is 1.00 bits per heavy atom. The van der Waals surface area contributed by atoms with Gasteiger partial charge in [0.15, 0.2) is 30.0 Å². The molecule has 0 aromatic heterocycles. The van der Waals surface area contributed by atoms with Gasteiger partial charge in [0.25, 0.3) is 0 Å². The summed E-state index contributed by atoms with van der Waals surface area (Å²) in [5, 5.41) is 40.9. The first-order valence-electron chi connectivity index (χ1n) is 11.4. The summed E-state index contributed by atoms with van der Waals surface area (Å²) in [5.74, 6) is -11.6. The Bertz CT molecular complexity index is 1130. The summed E-state index contributed by atoms with van der Waals surface area (Å²) < 4.78 is 38.0. The number of phenols is 3. The minimum absolute atomic E-state index is 0.130. The van der Waals surface area contributed by atoms with Crippen molar-refractivity contribution in [2.45, 2.75) is 49.1 Å². The molecule has 15 heteroatoms. The van der Waals surface area contributed by atoms with Crippen LogP contribution in [0.25, 0.3) is 0 Å². The van der Waals surface area contributed by atoms with Crippen LogP contribution in [0.15, 0.2) is 6.07 Å². The maximum Gasteiger partial charge on any atom is 0.345 e. The first-order valence-corrected chi connectivity index (χ1v) is 11.4. The van der Waals surface area contributed by atoms with E-state index in [0.29, 0.717) is 0 Å². The average Bonchev–Trinajstić information content (AvgIpc) is 2.88. The van der Waals surface area contributed by atoms with Crippen LogP contribution in [0.2, 0.25) is 0 Å². The van der Waals surface area contributed by atoms with Crippen LogP contribution in [0, 0.1) is 5.92 Å². The summed E-state index contributed by atoms with van der Waals surface area (Å²) in [6.45, 7) is -0.130. The predicted octanol–water partition coefficient (Wildman–Crippen LogP) is -0.613. The fraction of sp³-hybridized carbons (Fsp3) is 0.565. The molecule has 3 heterocycles. The third-order valence-electron chi connectivity index (χ3n) is 6.72. The van der Waals surface area contributed by atoms with Gasteiger partial charge in [0.2, 0.25) is 11.9 Å². The topological polar surface area (TPSA) is 214 Å². The number of carbonyl (C=O) groups excluding carboxylic acids is 3. The molecule has 5 unspecified atom stereocenters. The van der Waals surface area contributed by atoms with E-state index in [1.54, 1.807) is 0 Å². The second-order valence-electron chi connectivity index (χ2n) is 8.85. The summed E-state index contributed by atoms with van der Waals surface area (Å²) in [7, 11) is 3.84. The van der Waals surface area contributed by atoms with Crippen LogP contribution in [-0.2, 0) is 47.5 Å². The Morgan fingerprint density at radius 2 is 1.71 bits per heavy atom. The van der Waals surface area contributed by atoms with Crippen molar-refractivity contribution in [3.8, 4) is 17.2 Å². The zero-order chi connectivity index (χ0) is 27.9. The number of cyclic esters (lactones) is 1. The van der Waals surface area contributed by atoms with Crippen LogP contribution >= 0.6 is 0 Å². The van der Waals surface area contributed by atoms with Crippen LogP contribution in [0.5, 0.6) is 17.2 Å². The van der Waals surface area contributed by atoms with Crippen LogP contribution in [0.3, 0.4) is 0 Å². The Kier molecular flexibility index (Phi) is 7.64. The Morgan fingerprint density at radius 3 is 2.32 bits per heavy atom. The van der Waals surface area contributed by atoms with Crippen molar-refractivity contribution in [2.24, 2.45) is 5.92 Å². The number of fused-ring (bicyclic) bond motifs is 5. The molecule has 4 rings (SSSR count). The van der Waals surface area contributed by atoms with E-state index in [1.165, 1.54) is 21.3 Å². The van der Waals surface area contributed by atoms with Crippen molar-refractivity contribution in [2.75, 3.05) is 27.9 Å². The van der Waals surface area contributed by atoms with E-state index in [2.05, 4.69) is 0 Å². The van der Waals surface area contributed by atoms with E-state index in [0.717, 1.165) is 6.07 Å². The summed E-state index contributed by atoms with van der Waals surface area (Å²) in [5.41, 5.74) is -1.23. The molecular formula is C23H26O15. The highest BCUT2D eigenvalue weighted by Gasteiger charge is 2.55. The van der Waals surface area contributed by atoms with Crippen LogP contribution in [-0.4, -0.2) is 109 Å². The van der Waals surface area contributed by atoms with Gasteiger partial charge in [-0.25, -0.2) is 9.59 Å². The molecular weight excluding hydrogens is 516 g/mol. The lowest BCUT2D eigenvalue weighted by molar-refractivity contribution is -0.301. The van der Waals surface area contributed by atoms with Crippen molar-refractivity contribution in [3.63, 3.8) is 0 Å². The number of ether oxygens (including phenoxy) is 7. The molecule has 8 atom stereocenters. The van der Waals surface area contributed by atoms with E-state index in [9.17, 15) is 39.6 Å². The van der Waals surface area contributed by atoms with Gasteiger partial charge in [-0.05, 0) is 11.6 Å². The third-order valence-corrected chi connectivity index (χ3v) is 6.72. The maximum absolute atomic E-state index is 13.6. The molecule has 0 aliphatic carbocycles. The quantitative estimate of drug-likeness (QED) is 0.207. The SMILES string of the molecule is COC[C@H]1O[C@@H](OC)C2OC(=O)c3c(cc(O)c(O)c3O)C3C(CC(=O)OC3C(=O)O)C(=O)OC1[C@H]2OC. The van der Waals surface area contributed by atoms with Gasteiger partial charge in [-0.2, -0.15) is 0 Å². The van der Waals surface area contributed by atoms with E-state index in [-0.39, 0.29) is 6.61 Å². The molecule has 0 saturated carbocycles. The van der Waals surface area contributed by atoms with E-state index >= 15 is 0 Å². The molecule has 1 aromatic carbocycles. The predicted molar refractivity (Wildman–Crippen MR) is 117 cm³/mol. The average molecular weight is 542 g/mol. The number of esters is 3. The fourth-order valence-electron chi connectivity index (χ4n) is 5.04. The number of benzene rings is 1. The summed E-state index contributed by atoms with van der Waals surface area (Å²) in [6.07, 6.45) is -8.94. The molecule has 15 nitrogen and oxygen atoms in total. The van der Waals surface area contributed by atoms with Crippen LogP contribution in [0.4, 0.5) is 0 Å². The van der Waals surface area contributed by atoms with E-state index in [4.69, 9.17) is 33.2 Å². The monoisotopic (exact) mass is 542 g/mol. The number of carboxylic acid groups (broad SMARTS) is 1. The van der Waals surface area contributed by atoms with Crippen molar-refractivity contribution in [1.29, 1.82) is 0 Å². The van der Waals surface area contributed by atoms with Gasteiger partial charge in [-0.1, -0.05) is 0 Å². The molecule has 0 spiro atoms. The first-order chi connectivity index (χ1) is 18.0. The van der Waals surface area contributed by atoms with Crippen molar-refractivity contribution < 1.29 is 72.8 Å². The standard InChI is InChI=1S/C23H26O15/c1-32-6-10-16-18(33-2)19(23(34-3)35-10)38-22(31)13-7(4-9(24)14(26)15(13)27)12-8(21(30)37-16)5-11(25)36-17(12)20(28)29/h4,8,10,12,16-19,23-24,26-27H,5-6H2,1-3H3,(H,28,29)/t8?,10-,12?,16?,17?,18-,19?,23-/m1/s1. The second-order valence-corrected chi connectivity index (χ2v) is 8.85. The molecule has 3 aliphatic rings. The number of phenolic OH excluding ortho intramolecular Hbond substituents is 3. The van der Waals surface area contributed by atoms with Crippen molar-refractivity contribution in [1.82, 2.24) is 0 Å². The third kappa shape index (κ3) is 4.57. The lowest BCUT2D eigenvalue weighted by Crippen LogP contribution is -2.62. The second kappa shape index (κ2) is 10.6. The Hall–Kier alpha value is -3.66. The van der Waals surface area contributed by atoms with Crippen LogP contribution in [0.1, 0.15) is 28.3 Å². The largest absolute Gasteiger partial charge is 0.504 e. The first kappa shape index (κ1) is 27.4. The Labute approximate surface area is 214 Å². The smallest absolute Gasteiger partial charge is 0.345 e. The van der Waals surface area contributed by atoms with Gasteiger partial charge >= 0.3 is 23.9 Å². The number of aromatic hydroxyl groups is 3. The molecule has 208 valence electrons. The number of aliphatic carboxylic acids is 1. The minimum Gasteiger partial charge on any atom is -0.504 e. The normalized spacial score (nSPS) is 33.1. The number of hydrogen-bond donors (Lipinski definition) is 4. The lowest BCUT2D eigenvalue weighted by atomic mass is 9.76. The molecule has 2 saturated heterocycles. The summed E-state index contributed by atoms with van der Waals surface area (Å²) in [4.78, 5) is 51.5. The number of carbonyl (C=O) groups is 4. The highest BCUT2D eigenvalue weighted by Crippen LogP contribution is 2.48. The highest BCUT2D eigenvalue weighted by molar-refractivity contribution is 5.97. The van der Waals surface area contributed by atoms with Gasteiger partial charge < -0.3 is 53.6 Å². The van der Waals surface area contributed by atoms with Crippen molar-refractivity contribution >= 4 is 23.9 Å². The molecule has 0 amide bonds. The summed E-state index contributed by atoms with van der Waals surface area (Å²) in [6, 6.07) is 0.779. The number of rotatable bonds is 5. The van der Waals surface area contributed by atoms with Gasteiger partial charge in [0.1, 0.15) is 17.8 Å². The molecule has 2 bridgehead atoms. The van der Waals surface area contributed by atoms with Gasteiger partial charge in [0.05, 0.1) is 18.9 Å².